The Labute approximate surface area is 122 Å². The maximum atomic E-state index is 10.9. The molecule has 0 unspecified atom stereocenters. The molecule has 0 atom stereocenters. The Hall–Kier alpha value is -1.27. The number of hydrogen-bond acceptors (Lipinski definition) is 5. The van der Waals surface area contributed by atoms with Crippen molar-refractivity contribution in [2.45, 2.75) is 6.61 Å². The Morgan fingerprint density at radius 2 is 1.84 bits per heavy atom. The van der Waals surface area contributed by atoms with Gasteiger partial charge in [0.05, 0.1) is 6.61 Å². The topological polar surface area (TPSA) is 37.3 Å². The third kappa shape index (κ3) is 2.42. The Morgan fingerprint density at radius 1 is 1.05 bits per heavy atom. The van der Waals surface area contributed by atoms with E-state index in [0.717, 1.165) is 20.9 Å². The molecule has 0 bridgehead atoms. The molecule has 0 aliphatic rings. The minimum atomic E-state index is -0.0815. The summed E-state index contributed by atoms with van der Waals surface area (Å²) < 4.78 is 0. The lowest BCUT2D eigenvalue weighted by molar-refractivity contribution is 0.112. The van der Waals surface area contributed by atoms with Crippen LogP contribution in [0.4, 0.5) is 0 Å². The molecule has 3 rings (SSSR count). The fourth-order valence-corrected chi connectivity index (χ4v) is 4.72. The molecule has 19 heavy (non-hydrogen) atoms. The van der Waals surface area contributed by atoms with Gasteiger partial charge in [-0.05, 0) is 29.6 Å². The minimum absolute atomic E-state index is 0.0815. The third-order valence-corrected chi connectivity index (χ3v) is 6.21. The van der Waals surface area contributed by atoms with Crippen LogP contribution in [0.25, 0.3) is 19.5 Å². The van der Waals surface area contributed by atoms with Gasteiger partial charge >= 0.3 is 0 Å². The second-order valence-corrected chi connectivity index (χ2v) is 7.07. The van der Waals surface area contributed by atoms with Crippen molar-refractivity contribution in [2.24, 2.45) is 0 Å². The van der Waals surface area contributed by atoms with Crippen LogP contribution in [0.5, 0.6) is 0 Å². The van der Waals surface area contributed by atoms with E-state index >= 15 is 0 Å². The first kappa shape index (κ1) is 12.7. The lowest BCUT2D eigenvalue weighted by Gasteiger charge is -1.90. The number of aliphatic hydroxyl groups is 1. The number of aliphatic hydroxyl groups excluding tert-OH is 1. The zero-order valence-corrected chi connectivity index (χ0v) is 12.3. The molecule has 0 saturated heterocycles. The molecule has 2 nitrogen and oxygen atoms in total. The van der Waals surface area contributed by atoms with Crippen molar-refractivity contribution in [3.8, 4) is 19.5 Å². The summed E-state index contributed by atoms with van der Waals surface area (Å²) in [6, 6.07) is 10.2. The second kappa shape index (κ2) is 5.38. The van der Waals surface area contributed by atoms with Crippen molar-refractivity contribution in [1.82, 2.24) is 0 Å². The molecule has 0 spiro atoms. The molecule has 0 aromatic carbocycles. The highest BCUT2D eigenvalue weighted by atomic mass is 32.1. The summed E-state index contributed by atoms with van der Waals surface area (Å²) in [6.45, 7) is -0.0815. The van der Waals surface area contributed by atoms with Crippen LogP contribution >= 0.6 is 34.0 Å². The maximum absolute atomic E-state index is 10.9. The van der Waals surface area contributed by atoms with E-state index in [1.807, 2.05) is 12.1 Å². The van der Waals surface area contributed by atoms with Gasteiger partial charge in [-0.15, -0.1) is 34.0 Å². The average Bonchev–Trinajstić information content (AvgIpc) is 3.16. The lowest BCUT2D eigenvalue weighted by Crippen LogP contribution is -1.82. The van der Waals surface area contributed by atoms with Gasteiger partial charge in [-0.2, -0.15) is 0 Å². The summed E-state index contributed by atoms with van der Waals surface area (Å²) >= 11 is 4.91. The first-order chi connectivity index (χ1) is 9.31. The monoisotopic (exact) mass is 306 g/mol. The highest BCUT2D eigenvalue weighted by Gasteiger charge is 2.12. The predicted molar refractivity (Wildman–Crippen MR) is 82.3 cm³/mol. The van der Waals surface area contributed by atoms with Crippen LogP contribution in [0, 0.1) is 0 Å². The van der Waals surface area contributed by atoms with Gasteiger partial charge in [-0.25, -0.2) is 0 Å². The van der Waals surface area contributed by atoms with Crippen LogP contribution < -0.4 is 0 Å². The molecule has 0 saturated carbocycles. The van der Waals surface area contributed by atoms with Gasteiger partial charge in [0.25, 0.3) is 0 Å². The van der Waals surface area contributed by atoms with Crippen molar-refractivity contribution in [3.05, 3.63) is 46.2 Å². The van der Waals surface area contributed by atoms with Crippen LogP contribution in [-0.4, -0.2) is 11.4 Å². The van der Waals surface area contributed by atoms with Crippen molar-refractivity contribution in [3.63, 3.8) is 0 Å². The van der Waals surface area contributed by atoms with E-state index in [1.54, 1.807) is 22.7 Å². The molecule has 3 heterocycles. The van der Waals surface area contributed by atoms with E-state index in [0.29, 0.717) is 5.56 Å². The van der Waals surface area contributed by atoms with Crippen LogP contribution in [0.15, 0.2) is 35.7 Å². The number of aldehydes is 1. The zero-order valence-electron chi connectivity index (χ0n) is 9.83. The molecule has 0 radical (unpaired) electrons. The maximum Gasteiger partial charge on any atom is 0.151 e. The molecule has 3 aromatic rings. The number of hydrogen-bond donors (Lipinski definition) is 1. The summed E-state index contributed by atoms with van der Waals surface area (Å²) in [5.74, 6) is 0. The fourth-order valence-electron chi connectivity index (χ4n) is 1.81. The molecule has 96 valence electrons. The molecular weight excluding hydrogens is 296 g/mol. The Balaban J connectivity index is 1.99. The fraction of sp³-hybridized carbons (Fsp3) is 0.0714. The Kier molecular flexibility index (Phi) is 3.61. The third-order valence-electron chi connectivity index (χ3n) is 2.73. The van der Waals surface area contributed by atoms with Crippen LogP contribution in [0.2, 0.25) is 0 Å². The van der Waals surface area contributed by atoms with Gasteiger partial charge in [0.15, 0.2) is 6.29 Å². The van der Waals surface area contributed by atoms with Gasteiger partial charge in [0, 0.05) is 29.9 Å². The minimum Gasteiger partial charge on any atom is -0.391 e. The van der Waals surface area contributed by atoms with Crippen molar-refractivity contribution < 1.29 is 9.90 Å². The molecule has 3 aromatic heterocycles. The molecule has 0 aliphatic heterocycles. The molecule has 0 fully saturated rings. The number of carbonyl (C=O) groups excluding carboxylic acids is 1. The van der Waals surface area contributed by atoms with Crippen molar-refractivity contribution in [1.29, 1.82) is 0 Å². The van der Waals surface area contributed by atoms with Crippen LogP contribution in [0.1, 0.15) is 15.2 Å². The quantitative estimate of drug-likeness (QED) is 0.720. The van der Waals surface area contributed by atoms with E-state index in [1.165, 1.54) is 21.1 Å². The van der Waals surface area contributed by atoms with E-state index in [4.69, 9.17) is 0 Å². The number of carbonyl (C=O) groups is 1. The van der Waals surface area contributed by atoms with Crippen LogP contribution in [-0.2, 0) is 6.61 Å². The summed E-state index contributed by atoms with van der Waals surface area (Å²) in [4.78, 5) is 16.3. The zero-order chi connectivity index (χ0) is 13.2. The highest BCUT2D eigenvalue weighted by Crippen LogP contribution is 2.39. The lowest BCUT2D eigenvalue weighted by atomic mass is 10.2. The van der Waals surface area contributed by atoms with E-state index in [2.05, 4.69) is 23.6 Å². The first-order valence-electron chi connectivity index (χ1n) is 5.64. The standard InChI is InChI=1S/C14H10O2S3/c15-7-9-6-13(19-14(9)8-16)12-4-3-11(18-12)10-2-1-5-17-10/h1-7,16H,8H2. The molecule has 0 aliphatic carbocycles. The largest absolute Gasteiger partial charge is 0.391 e. The summed E-state index contributed by atoms with van der Waals surface area (Å²) in [7, 11) is 0. The normalized spacial score (nSPS) is 10.8. The smallest absolute Gasteiger partial charge is 0.151 e. The molecule has 1 N–H and O–H groups in total. The van der Waals surface area contributed by atoms with Crippen molar-refractivity contribution in [2.75, 3.05) is 0 Å². The van der Waals surface area contributed by atoms with Gasteiger partial charge in [-0.3, -0.25) is 4.79 Å². The first-order valence-corrected chi connectivity index (χ1v) is 8.16. The van der Waals surface area contributed by atoms with Crippen molar-refractivity contribution >= 4 is 40.3 Å². The van der Waals surface area contributed by atoms with E-state index < -0.39 is 0 Å². The summed E-state index contributed by atoms with van der Waals surface area (Å²) in [5.41, 5.74) is 0.591. The van der Waals surface area contributed by atoms with E-state index in [-0.39, 0.29) is 6.61 Å². The van der Waals surface area contributed by atoms with Crippen LogP contribution in [0.3, 0.4) is 0 Å². The molecule has 5 heteroatoms. The summed E-state index contributed by atoms with van der Waals surface area (Å²) in [6.07, 6.45) is 0.805. The highest BCUT2D eigenvalue weighted by molar-refractivity contribution is 7.26. The predicted octanol–water partition coefficient (Wildman–Crippen LogP) is 4.51. The van der Waals surface area contributed by atoms with Gasteiger partial charge in [0.2, 0.25) is 0 Å². The second-order valence-electron chi connectivity index (χ2n) is 3.91. The number of rotatable bonds is 4. The summed E-state index contributed by atoms with van der Waals surface area (Å²) in [5, 5.41) is 11.3. The SMILES string of the molecule is O=Cc1cc(-c2ccc(-c3cccs3)s2)sc1CO. The average molecular weight is 306 g/mol. The van der Waals surface area contributed by atoms with Gasteiger partial charge < -0.3 is 5.11 Å². The van der Waals surface area contributed by atoms with Gasteiger partial charge in [-0.1, -0.05) is 6.07 Å². The molecular formula is C14H10O2S3. The Bertz CT molecular complexity index is 692. The number of thiophene rings is 3. The molecule has 0 amide bonds. The Morgan fingerprint density at radius 3 is 2.42 bits per heavy atom. The van der Waals surface area contributed by atoms with Gasteiger partial charge in [0.1, 0.15) is 0 Å². The van der Waals surface area contributed by atoms with E-state index in [9.17, 15) is 9.90 Å².